The first-order valence-electron chi connectivity index (χ1n) is 6.70. The van der Waals surface area contributed by atoms with Crippen LogP contribution in [0.25, 0.3) is 16.7 Å². The fourth-order valence-corrected chi connectivity index (χ4v) is 3.58. The Hall–Kier alpha value is -1.46. The molecule has 0 amide bonds. The number of aromatic nitrogens is 3. The molecule has 0 bridgehead atoms. The summed E-state index contributed by atoms with van der Waals surface area (Å²) in [5.41, 5.74) is 4.62. The second-order valence-corrected chi connectivity index (χ2v) is 6.37. The lowest BCUT2D eigenvalue weighted by molar-refractivity contribution is 0.909. The van der Waals surface area contributed by atoms with Crippen LogP contribution >= 0.6 is 23.5 Å². The summed E-state index contributed by atoms with van der Waals surface area (Å²) in [6.45, 7) is 4.30. The van der Waals surface area contributed by atoms with Gasteiger partial charge in [0.25, 0.3) is 0 Å². The summed E-state index contributed by atoms with van der Waals surface area (Å²) in [7, 11) is 0. The zero-order chi connectivity index (χ0) is 15.0. The minimum absolute atomic E-state index is 0.821. The second kappa shape index (κ2) is 5.73. The molecule has 0 spiro atoms. The van der Waals surface area contributed by atoms with Crippen LogP contribution in [0, 0.1) is 13.8 Å². The van der Waals surface area contributed by atoms with Crippen LogP contribution in [0.3, 0.4) is 0 Å². The lowest BCUT2D eigenvalue weighted by Crippen LogP contribution is -1.99. The molecule has 0 unspecified atom stereocenters. The first kappa shape index (κ1) is 14.5. The summed E-state index contributed by atoms with van der Waals surface area (Å²) in [5, 5.41) is 3.04. The number of rotatable bonds is 3. The minimum atomic E-state index is 0.821. The van der Waals surface area contributed by atoms with Crippen molar-refractivity contribution in [3.8, 4) is 5.69 Å². The van der Waals surface area contributed by atoms with E-state index in [-0.39, 0.29) is 0 Å². The fraction of sp³-hybridized carbons (Fsp3) is 0.250. The smallest absolute Gasteiger partial charge is 0.190 e. The molecule has 0 N–H and O–H groups in total. The maximum Gasteiger partial charge on any atom is 0.190 e. The number of hydrogen-bond donors (Lipinski definition) is 0. The number of aryl methyl sites for hydroxylation is 1. The van der Waals surface area contributed by atoms with E-state index in [9.17, 15) is 0 Å². The summed E-state index contributed by atoms with van der Waals surface area (Å²) >= 11 is 3.26. The number of para-hydroxylation sites is 1. The molecule has 2 heterocycles. The zero-order valence-electron chi connectivity index (χ0n) is 12.5. The van der Waals surface area contributed by atoms with Gasteiger partial charge in [0.1, 0.15) is 5.03 Å². The number of benzene rings is 1. The first-order valence-corrected chi connectivity index (χ1v) is 9.15. The van der Waals surface area contributed by atoms with Crippen molar-refractivity contribution in [1.29, 1.82) is 0 Å². The van der Waals surface area contributed by atoms with E-state index in [1.165, 1.54) is 16.6 Å². The Morgan fingerprint density at radius 1 is 0.952 bits per heavy atom. The maximum atomic E-state index is 4.76. The van der Waals surface area contributed by atoms with Crippen LogP contribution < -0.4 is 0 Å². The van der Waals surface area contributed by atoms with E-state index in [4.69, 9.17) is 4.98 Å². The van der Waals surface area contributed by atoms with Crippen LogP contribution in [0.2, 0.25) is 0 Å². The predicted octanol–water partition coefficient (Wildman–Crippen LogP) is 4.48. The van der Waals surface area contributed by atoms with E-state index in [1.807, 2.05) is 12.3 Å². The molecule has 0 saturated heterocycles. The highest BCUT2D eigenvalue weighted by molar-refractivity contribution is 7.99. The molecule has 3 rings (SSSR count). The van der Waals surface area contributed by atoms with Gasteiger partial charge in [-0.1, -0.05) is 30.0 Å². The van der Waals surface area contributed by atoms with Gasteiger partial charge in [-0.3, -0.25) is 4.57 Å². The Bertz CT molecular complexity index is 794. The molecule has 0 radical (unpaired) electrons. The predicted molar refractivity (Wildman–Crippen MR) is 91.9 cm³/mol. The van der Waals surface area contributed by atoms with Gasteiger partial charge < -0.3 is 0 Å². The van der Waals surface area contributed by atoms with Gasteiger partial charge in [-0.05, 0) is 44.1 Å². The third-order valence-corrected chi connectivity index (χ3v) is 4.92. The van der Waals surface area contributed by atoms with Gasteiger partial charge in [0.05, 0.1) is 5.39 Å². The average Bonchev–Trinajstić information content (AvgIpc) is 2.78. The van der Waals surface area contributed by atoms with E-state index in [0.717, 1.165) is 21.5 Å². The lowest BCUT2D eigenvalue weighted by atomic mass is 10.2. The van der Waals surface area contributed by atoms with Crippen molar-refractivity contribution in [3.63, 3.8) is 0 Å². The van der Waals surface area contributed by atoms with Gasteiger partial charge in [-0.25, -0.2) is 9.97 Å². The highest BCUT2D eigenvalue weighted by Crippen LogP contribution is 2.34. The van der Waals surface area contributed by atoms with Gasteiger partial charge in [0, 0.05) is 11.4 Å². The van der Waals surface area contributed by atoms with Crippen LogP contribution in [0.5, 0.6) is 0 Å². The lowest BCUT2D eigenvalue weighted by Gasteiger charge is -2.08. The summed E-state index contributed by atoms with van der Waals surface area (Å²) in [6.07, 6.45) is 4.08. The van der Waals surface area contributed by atoms with Crippen molar-refractivity contribution in [2.45, 2.75) is 24.0 Å². The molecule has 108 valence electrons. The fourth-order valence-electron chi connectivity index (χ4n) is 2.54. The van der Waals surface area contributed by atoms with Crippen LogP contribution in [-0.4, -0.2) is 27.0 Å². The molecule has 3 aromatic rings. The summed E-state index contributed by atoms with van der Waals surface area (Å²) in [6, 6.07) is 10.4. The average molecular weight is 315 g/mol. The van der Waals surface area contributed by atoms with Gasteiger partial charge in [0.15, 0.2) is 10.8 Å². The number of nitrogens with zero attached hydrogens (tertiary/aromatic N) is 3. The molecular formula is C16H17N3S2. The molecule has 3 nitrogen and oxygen atoms in total. The molecule has 1 aromatic carbocycles. The highest BCUT2D eigenvalue weighted by atomic mass is 32.2. The molecule has 0 aliphatic heterocycles. The summed E-state index contributed by atoms with van der Waals surface area (Å²) in [4.78, 5) is 9.41. The van der Waals surface area contributed by atoms with Gasteiger partial charge >= 0.3 is 0 Å². The molecule has 5 heteroatoms. The monoisotopic (exact) mass is 315 g/mol. The van der Waals surface area contributed by atoms with E-state index in [0.29, 0.717) is 0 Å². The largest absolute Gasteiger partial charge is 0.298 e. The SMILES string of the molecule is CSc1nc(SC)c2c(C)c(C)n(-c3ccccc3)c2n1. The van der Waals surface area contributed by atoms with Crippen LogP contribution in [0.4, 0.5) is 0 Å². The van der Waals surface area contributed by atoms with Gasteiger partial charge in [-0.15, -0.1) is 11.8 Å². The zero-order valence-corrected chi connectivity index (χ0v) is 14.2. The second-order valence-electron chi connectivity index (χ2n) is 4.80. The van der Waals surface area contributed by atoms with Crippen LogP contribution in [0.1, 0.15) is 11.3 Å². The first-order chi connectivity index (χ1) is 10.2. The van der Waals surface area contributed by atoms with Crippen molar-refractivity contribution in [2.75, 3.05) is 12.5 Å². The molecule has 21 heavy (non-hydrogen) atoms. The standard InChI is InChI=1S/C16H17N3S2/c1-10-11(2)19(12-8-6-5-7-9-12)14-13(10)15(20-3)18-16(17-14)21-4/h5-9H,1-4H3. The molecule has 0 fully saturated rings. The topological polar surface area (TPSA) is 30.7 Å². The Morgan fingerprint density at radius 2 is 1.67 bits per heavy atom. The van der Waals surface area contributed by atoms with Crippen molar-refractivity contribution in [3.05, 3.63) is 41.6 Å². The third-order valence-electron chi connectivity index (χ3n) is 3.69. The molecule has 0 aliphatic carbocycles. The Morgan fingerprint density at radius 3 is 2.29 bits per heavy atom. The molecule has 0 saturated carbocycles. The number of fused-ring (bicyclic) bond motifs is 1. The van der Waals surface area contributed by atoms with Crippen molar-refractivity contribution in [2.24, 2.45) is 0 Å². The molecular weight excluding hydrogens is 298 g/mol. The Labute approximate surface area is 133 Å². The Kier molecular flexibility index (Phi) is 3.95. The van der Waals surface area contributed by atoms with E-state index < -0.39 is 0 Å². The number of hydrogen-bond acceptors (Lipinski definition) is 4. The van der Waals surface area contributed by atoms with Crippen LogP contribution in [0.15, 0.2) is 40.5 Å². The number of thioether (sulfide) groups is 2. The normalized spacial score (nSPS) is 11.2. The highest BCUT2D eigenvalue weighted by Gasteiger charge is 2.18. The van der Waals surface area contributed by atoms with E-state index >= 15 is 0 Å². The molecule has 0 atom stereocenters. The van der Waals surface area contributed by atoms with Crippen LogP contribution in [-0.2, 0) is 0 Å². The summed E-state index contributed by atoms with van der Waals surface area (Å²) in [5.74, 6) is 0. The van der Waals surface area contributed by atoms with Gasteiger partial charge in [0.2, 0.25) is 0 Å². The van der Waals surface area contributed by atoms with Crippen molar-refractivity contribution < 1.29 is 0 Å². The van der Waals surface area contributed by atoms with Crippen molar-refractivity contribution in [1.82, 2.24) is 14.5 Å². The summed E-state index contributed by atoms with van der Waals surface area (Å²) < 4.78 is 2.23. The maximum absolute atomic E-state index is 4.76. The molecule has 2 aromatic heterocycles. The quantitative estimate of drug-likeness (QED) is 0.405. The van der Waals surface area contributed by atoms with E-state index in [2.05, 4.69) is 53.9 Å². The minimum Gasteiger partial charge on any atom is -0.298 e. The Balaban J connectivity index is 2.42. The van der Waals surface area contributed by atoms with Crippen molar-refractivity contribution >= 4 is 34.6 Å². The third kappa shape index (κ3) is 2.34. The molecule has 0 aliphatic rings. The van der Waals surface area contributed by atoms with E-state index in [1.54, 1.807) is 23.5 Å². The van der Waals surface area contributed by atoms with Gasteiger partial charge in [-0.2, -0.15) is 0 Å².